The van der Waals surface area contributed by atoms with Crippen molar-refractivity contribution < 1.29 is 14.3 Å². The Morgan fingerprint density at radius 3 is 3.10 bits per heavy atom. The fourth-order valence-electron chi connectivity index (χ4n) is 8.05. The molecule has 7 rings (SSSR count). The van der Waals surface area contributed by atoms with E-state index in [4.69, 9.17) is 9.47 Å². The molecule has 152 valence electrons. The van der Waals surface area contributed by atoms with Crippen LogP contribution in [0.1, 0.15) is 38.2 Å². The van der Waals surface area contributed by atoms with Crippen molar-refractivity contribution in [3.05, 3.63) is 41.5 Å². The Hall–Kier alpha value is -1.69. The molecule has 0 radical (unpaired) electrons. The van der Waals surface area contributed by atoms with Crippen LogP contribution in [0.2, 0.25) is 0 Å². The van der Waals surface area contributed by atoms with Crippen molar-refractivity contribution in [3.63, 3.8) is 0 Å². The van der Waals surface area contributed by atoms with Crippen LogP contribution in [0.25, 0.3) is 0 Å². The Bertz CT molecular complexity index is 944. The topological polar surface area (TPSA) is 42.0 Å². The molecule has 3 saturated heterocycles. The number of hydrogen-bond donors (Lipinski definition) is 0. The summed E-state index contributed by atoms with van der Waals surface area (Å²) < 4.78 is 13.2. The van der Waals surface area contributed by atoms with Gasteiger partial charge in [0.15, 0.2) is 0 Å². The Kier molecular flexibility index (Phi) is 3.24. The molecule has 1 aromatic rings. The summed E-state index contributed by atoms with van der Waals surface area (Å²) in [7, 11) is 0. The predicted octanol–water partition coefficient (Wildman–Crippen LogP) is 2.85. The molecule has 1 spiro atoms. The molecular weight excluding hydrogens is 364 g/mol. The lowest BCUT2D eigenvalue weighted by Crippen LogP contribution is -2.75. The Labute approximate surface area is 171 Å². The summed E-state index contributed by atoms with van der Waals surface area (Å²) in [5.74, 6) is 1.05. The second kappa shape index (κ2) is 5.51. The lowest BCUT2D eigenvalue weighted by Gasteiger charge is -2.63. The molecule has 2 bridgehead atoms. The van der Waals surface area contributed by atoms with Crippen molar-refractivity contribution in [2.75, 3.05) is 31.2 Å². The predicted molar refractivity (Wildman–Crippen MR) is 109 cm³/mol. The third kappa shape index (κ3) is 1.75. The number of ether oxygens (including phenoxy) is 2. The van der Waals surface area contributed by atoms with Crippen LogP contribution in [-0.4, -0.2) is 55.0 Å². The summed E-state index contributed by atoms with van der Waals surface area (Å²) >= 11 is 0. The number of benzene rings is 1. The number of carbonyl (C=O) groups excluding carboxylic acids is 1. The summed E-state index contributed by atoms with van der Waals surface area (Å²) in [6, 6.07) is 8.82. The van der Waals surface area contributed by atoms with Crippen LogP contribution in [0.4, 0.5) is 5.69 Å². The number of rotatable bonds is 3. The molecular formula is C24H28N2O3. The van der Waals surface area contributed by atoms with E-state index in [2.05, 4.69) is 47.1 Å². The molecule has 0 aromatic heterocycles. The molecule has 1 aliphatic carbocycles. The number of fused-ring (bicyclic) bond motifs is 2. The van der Waals surface area contributed by atoms with E-state index in [0.717, 1.165) is 44.6 Å². The monoisotopic (exact) mass is 392 g/mol. The average molecular weight is 392 g/mol. The number of nitrogens with zero attached hydrogens (tertiary/aromatic N) is 2. The molecule has 5 aliphatic heterocycles. The van der Waals surface area contributed by atoms with Crippen LogP contribution in [0, 0.1) is 11.8 Å². The summed E-state index contributed by atoms with van der Waals surface area (Å²) in [6.45, 7) is 5.64. The highest BCUT2D eigenvalue weighted by molar-refractivity contribution is 5.99. The molecule has 0 N–H and O–H groups in total. The van der Waals surface area contributed by atoms with Crippen molar-refractivity contribution in [1.82, 2.24) is 4.90 Å². The first kappa shape index (κ1) is 17.0. The van der Waals surface area contributed by atoms with Gasteiger partial charge in [0.2, 0.25) is 5.91 Å². The molecule has 5 nitrogen and oxygen atoms in total. The van der Waals surface area contributed by atoms with E-state index < -0.39 is 0 Å². The maximum absolute atomic E-state index is 13.5. The van der Waals surface area contributed by atoms with Gasteiger partial charge in [-0.25, -0.2) is 0 Å². The summed E-state index contributed by atoms with van der Waals surface area (Å²) in [6.07, 6.45) is 5.97. The maximum atomic E-state index is 13.5. The maximum Gasteiger partial charge on any atom is 0.229 e. The zero-order valence-electron chi connectivity index (χ0n) is 17.0. The Balaban J connectivity index is 1.54. The van der Waals surface area contributed by atoms with Crippen LogP contribution >= 0.6 is 0 Å². The van der Waals surface area contributed by atoms with Crippen LogP contribution in [-0.2, 0) is 19.7 Å². The smallest absolute Gasteiger partial charge is 0.229 e. The number of piperidine rings is 2. The third-order valence-electron chi connectivity index (χ3n) is 8.86. The SMILES string of the molecule is CCCOC12CC3C4=CCOC5CC(=O)N6c7ccccc7C1(CCN2C4)C6C53. The van der Waals surface area contributed by atoms with E-state index in [1.165, 1.54) is 11.1 Å². The minimum atomic E-state index is -0.302. The first-order valence-electron chi connectivity index (χ1n) is 11.3. The van der Waals surface area contributed by atoms with Gasteiger partial charge in [-0.3, -0.25) is 9.69 Å². The van der Waals surface area contributed by atoms with Gasteiger partial charge in [0.1, 0.15) is 5.72 Å². The molecule has 29 heavy (non-hydrogen) atoms. The average Bonchev–Trinajstić information content (AvgIpc) is 3.17. The number of para-hydroxylation sites is 1. The van der Waals surface area contributed by atoms with Gasteiger partial charge < -0.3 is 14.4 Å². The standard InChI is InChI=1S/C24H28N2O3/c1-2-10-29-24-13-16-15-7-11-28-19-12-20(27)26-18-6-4-3-5-17(18)23(24,22(26)21(16)19)8-9-25(24)14-15/h3-7,16,19,21-22H,2,8-14H2,1H3. The zero-order chi connectivity index (χ0) is 19.4. The van der Waals surface area contributed by atoms with Crippen LogP contribution in [0.3, 0.4) is 0 Å². The van der Waals surface area contributed by atoms with Gasteiger partial charge in [-0.15, -0.1) is 0 Å². The second-order valence-electron chi connectivity index (χ2n) is 9.74. The van der Waals surface area contributed by atoms with Gasteiger partial charge in [-0.2, -0.15) is 0 Å². The minimum Gasteiger partial charge on any atom is -0.373 e. The van der Waals surface area contributed by atoms with Crippen molar-refractivity contribution in [2.24, 2.45) is 11.8 Å². The molecule has 6 atom stereocenters. The lowest BCUT2D eigenvalue weighted by molar-refractivity contribution is -0.227. The van der Waals surface area contributed by atoms with Gasteiger partial charge in [0, 0.05) is 31.3 Å². The number of hydrogen-bond acceptors (Lipinski definition) is 4. The molecule has 4 fully saturated rings. The fraction of sp³-hybridized carbons (Fsp3) is 0.625. The van der Waals surface area contributed by atoms with Gasteiger partial charge in [-0.05, 0) is 36.8 Å². The molecule has 6 unspecified atom stereocenters. The molecule has 5 heterocycles. The number of carbonyl (C=O) groups is 1. The Morgan fingerprint density at radius 1 is 1.31 bits per heavy atom. The quantitative estimate of drug-likeness (QED) is 0.742. The van der Waals surface area contributed by atoms with E-state index in [1.807, 2.05) is 0 Å². The number of anilines is 1. The van der Waals surface area contributed by atoms with Gasteiger partial charge in [0.25, 0.3) is 0 Å². The van der Waals surface area contributed by atoms with E-state index in [0.29, 0.717) is 24.9 Å². The highest BCUT2D eigenvalue weighted by Crippen LogP contribution is 2.70. The van der Waals surface area contributed by atoms with Crippen LogP contribution < -0.4 is 4.90 Å². The zero-order valence-corrected chi connectivity index (χ0v) is 17.0. The molecule has 1 saturated carbocycles. The Morgan fingerprint density at radius 2 is 2.21 bits per heavy atom. The fourth-order valence-corrected chi connectivity index (χ4v) is 8.05. The van der Waals surface area contributed by atoms with Crippen molar-refractivity contribution >= 4 is 11.6 Å². The minimum absolute atomic E-state index is 0.0324. The van der Waals surface area contributed by atoms with Crippen LogP contribution in [0.15, 0.2) is 35.9 Å². The first-order chi connectivity index (χ1) is 14.2. The highest BCUT2D eigenvalue weighted by atomic mass is 16.5. The highest BCUT2D eigenvalue weighted by Gasteiger charge is 2.77. The van der Waals surface area contributed by atoms with Crippen molar-refractivity contribution in [3.8, 4) is 0 Å². The summed E-state index contributed by atoms with van der Waals surface area (Å²) in [4.78, 5) is 18.2. The van der Waals surface area contributed by atoms with Gasteiger partial charge in [-0.1, -0.05) is 36.8 Å². The molecule has 1 amide bonds. The normalized spacial score (nSPS) is 43.8. The van der Waals surface area contributed by atoms with E-state index in [9.17, 15) is 4.79 Å². The molecule has 1 aromatic carbocycles. The van der Waals surface area contributed by atoms with E-state index >= 15 is 0 Å². The lowest BCUT2D eigenvalue weighted by atomic mass is 9.51. The van der Waals surface area contributed by atoms with Crippen LogP contribution in [0.5, 0.6) is 0 Å². The number of amides is 1. The van der Waals surface area contributed by atoms with Gasteiger partial charge >= 0.3 is 0 Å². The molecule has 5 heteroatoms. The molecule has 6 aliphatic rings. The van der Waals surface area contributed by atoms with Crippen molar-refractivity contribution in [2.45, 2.75) is 55.9 Å². The largest absolute Gasteiger partial charge is 0.373 e. The third-order valence-corrected chi connectivity index (χ3v) is 8.86. The van der Waals surface area contributed by atoms with E-state index in [-0.39, 0.29) is 29.2 Å². The first-order valence-corrected chi connectivity index (χ1v) is 11.3. The van der Waals surface area contributed by atoms with E-state index in [1.54, 1.807) is 0 Å². The van der Waals surface area contributed by atoms with Crippen molar-refractivity contribution in [1.29, 1.82) is 0 Å². The second-order valence-corrected chi connectivity index (χ2v) is 9.74. The summed E-state index contributed by atoms with van der Waals surface area (Å²) in [5, 5.41) is 0. The summed E-state index contributed by atoms with van der Waals surface area (Å²) in [5.41, 5.74) is 3.54. The van der Waals surface area contributed by atoms with Gasteiger partial charge in [0.05, 0.1) is 30.6 Å².